The van der Waals surface area contributed by atoms with Crippen LogP contribution in [0.2, 0.25) is 0 Å². The maximum atomic E-state index is 14.3. The number of anilines is 1. The Hall–Kier alpha value is -2.97. The van der Waals surface area contributed by atoms with Crippen molar-refractivity contribution in [2.75, 3.05) is 4.90 Å². The van der Waals surface area contributed by atoms with Gasteiger partial charge in [0.05, 0.1) is 11.0 Å². The third kappa shape index (κ3) is 2.88. The van der Waals surface area contributed by atoms with Crippen molar-refractivity contribution < 1.29 is 19.3 Å². The summed E-state index contributed by atoms with van der Waals surface area (Å²) in [6.07, 6.45) is 2.58. The van der Waals surface area contributed by atoms with Gasteiger partial charge in [-0.2, -0.15) is 0 Å². The number of amides is 4. The van der Waals surface area contributed by atoms with Crippen molar-refractivity contribution in [1.82, 2.24) is 10.2 Å². The lowest BCUT2D eigenvalue weighted by atomic mass is 9.56. The van der Waals surface area contributed by atoms with E-state index >= 15 is 0 Å². The van der Waals surface area contributed by atoms with Crippen molar-refractivity contribution in [3.8, 4) is 0 Å². The van der Waals surface area contributed by atoms with Crippen LogP contribution in [-0.4, -0.2) is 45.3 Å². The Bertz CT molecular complexity index is 1150. The Morgan fingerprint density at radius 1 is 1.12 bits per heavy atom. The number of nitro groups is 1. The molecule has 182 valence electrons. The van der Waals surface area contributed by atoms with Gasteiger partial charge >= 0.3 is 6.03 Å². The van der Waals surface area contributed by atoms with Crippen LogP contribution in [0.3, 0.4) is 0 Å². The number of nitro benzene ring substituents is 1. The zero-order valence-corrected chi connectivity index (χ0v) is 20.6. The lowest BCUT2D eigenvalue weighted by molar-refractivity contribution is -0.384. The Morgan fingerprint density at radius 2 is 1.79 bits per heavy atom. The molecule has 0 radical (unpaired) electrons. The molecule has 4 amide bonds. The fraction of sp³-hybridized carbons (Fsp3) is 0.640. The van der Waals surface area contributed by atoms with Crippen molar-refractivity contribution in [3.05, 3.63) is 33.9 Å². The summed E-state index contributed by atoms with van der Waals surface area (Å²) < 4.78 is 0. The predicted octanol–water partition coefficient (Wildman–Crippen LogP) is 3.79. The van der Waals surface area contributed by atoms with E-state index < -0.39 is 39.8 Å². The number of hydrogen-bond donors (Lipinski definition) is 1. The minimum Gasteiger partial charge on any atom is -0.363 e. The number of urea groups is 1. The van der Waals surface area contributed by atoms with E-state index in [0.29, 0.717) is 5.56 Å². The van der Waals surface area contributed by atoms with Crippen molar-refractivity contribution in [2.24, 2.45) is 16.2 Å². The standard InChI is InChI=1S/C25H32N4O5/c1-22(2,3)28-20(31)25(19(30)26-21(28)32)10-14-9-15(29(33)34)7-8-17(14)27-16-11-23(4,5)13-24(6,12-16)18(25)27/h7-9,16,18H,10-13H2,1-6H3,(H,26,30,32)/t16-,18-,24+,25-/m0/s1. The molecule has 3 aliphatic heterocycles. The van der Waals surface area contributed by atoms with E-state index in [-0.39, 0.29) is 29.0 Å². The highest BCUT2D eigenvalue weighted by Gasteiger charge is 2.71. The molecule has 4 atom stereocenters. The van der Waals surface area contributed by atoms with Crippen molar-refractivity contribution in [2.45, 2.75) is 84.8 Å². The molecule has 0 aromatic heterocycles. The first-order chi connectivity index (χ1) is 15.6. The van der Waals surface area contributed by atoms with Gasteiger partial charge in [-0.15, -0.1) is 0 Å². The number of non-ortho nitro benzene ring substituents is 1. The second-order valence-electron chi connectivity index (χ2n) is 12.7. The van der Waals surface area contributed by atoms with Crippen LogP contribution in [0.15, 0.2) is 18.2 Å². The first-order valence-electron chi connectivity index (χ1n) is 11.9. The molecule has 2 bridgehead atoms. The highest BCUT2D eigenvalue weighted by atomic mass is 16.6. The van der Waals surface area contributed by atoms with Crippen LogP contribution in [0, 0.1) is 26.4 Å². The van der Waals surface area contributed by atoms with E-state index in [1.54, 1.807) is 26.8 Å². The maximum absolute atomic E-state index is 14.3. The molecule has 9 nitrogen and oxygen atoms in total. The number of carbonyl (C=O) groups excluding carboxylic acids is 3. The van der Waals surface area contributed by atoms with Crippen molar-refractivity contribution in [1.29, 1.82) is 0 Å². The molecule has 3 heterocycles. The Kier molecular flexibility index (Phi) is 4.41. The second-order valence-corrected chi connectivity index (χ2v) is 12.7. The molecule has 5 rings (SSSR count). The van der Waals surface area contributed by atoms with Gasteiger partial charge in [0.2, 0.25) is 11.8 Å². The molecule has 1 aliphatic carbocycles. The molecule has 34 heavy (non-hydrogen) atoms. The number of carbonyl (C=O) groups is 3. The van der Waals surface area contributed by atoms with E-state index in [1.807, 2.05) is 0 Å². The number of fused-ring (bicyclic) bond motifs is 8. The average Bonchev–Trinajstić information content (AvgIpc) is 2.90. The van der Waals surface area contributed by atoms with E-state index in [4.69, 9.17) is 0 Å². The summed E-state index contributed by atoms with van der Waals surface area (Å²) in [5, 5.41) is 14.0. The van der Waals surface area contributed by atoms with Crippen LogP contribution >= 0.6 is 0 Å². The largest absolute Gasteiger partial charge is 0.363 e. The zero-order chi connectivity index (χ0) is 25.0. The number of hydrogen-bond acceptors (Lipinski definition) is 6. The highest BCUT2D eigenvalue weighted by molar-refractivity contribution is 6.21. The van der Waals surface area contributed by atoms with Crippen LogP contribution in [0.4, 0.5) is 16.2 Å². The molecular formula is C25H32N4O5. The summed E-state index contributed by atoms with van der Waals surface area (Å²) in [7, 11) is 0. The molecule has 1 N–H and O–H groups in total. The molecule has 3 fully saturated rings. The van der Waals surface area contributed by atoms with E-state index in [9.17, 15) is 24.5 Å². The summed E-state index contributed by atoms with van der Waals surface area (Å²) in [6, 6.07) is 3.68. The SMILES string of the molecule is CC1(C)C[C@H]2C[C@](C)(C1)[C@@H]1N2c2ccc([N+](=O)[O-])cc2C[C@@]12C(=O)NC(=O)N(C(C)(C)C)C2=O. The van der Waals surface area contributed by atoms with Crippen LogP contribution < -0.4 is 10.2 Å². The number of imide groups is 2. The van der Waals surface area contributed by atoms with Gasteiger partial charge in [-0.3, -0.25) is 29.9 Å². The van der Waals surface area contributed by atoms with Gasteiger partial charge in [0, 0.05) is 35.8 Å². The smallest absolute Gasteiger partial charge is 0.331 e. The van der Waals surface area contributed by atoms with E-state index in [0.717, 1.165) is 24.9 Å². The topological polar surface area (TPSA) is 113 Å². The third-order valence-corrected chi connectivity index (χ3v) is 8.28. The number of rotatable bonds is 1. The van der Waals surface area contributed by atoms with Gasteiger partial charge in [-0.05, 0) is 62.5 Å². The average molecular weight is 469 g/mol. The van der Waals surface area contributed by atoms with Gasteiger partial charge in [0.15, 0.2) is 5.41 Å². The number of nitrogens with zero attached hydrogens (tertiary/aromatic N) is 3. The maximum Gasteiger partial charge on any atom is 0.331 e. The summed E-state index contributed by atoms with van der Waals surface area (Å²) >= 11 is 0. The molecule has 4 aliphatic rings. The molecule has 2 saturated heterocycles. The summed E-state index contributed by atoms with van der Waals surface area (Å²) in [6.45, 7) is 11.9. The summed E-state index contributed by atoms with van der Waals surface area (Å²) in [4.78, 5) is 55.4. The lowest BCUT2D eigenvalue weighted by Gasteiger charge is -2.55. The molecular weight excluding hydrogens is 436 g/mol. The molecule has 9 heteroatoms. The van der Waals surface area contributed by atoms with Crippen molar-refractivity contribution >= 4 is 29.2 Å². The van der Waals surface area contributed by atoms with E-state index in [2.05, 4.69) is 31.0 Å². The zero-order valence-electron chi connectivity index (χ0n) is 20.6. The first-order valence-corrected chi connectivity index (χ1v) is 11.9. The minimum atomic E-state index is -1.55. The van der Waals surface area contributed by atoms with Gasteiger partial charge in [0.1, 0.15) is 0 Å². The predicted molar refractivity (Wildman–Crippen MR) is 125 cm³/mol. The lowest BCUT2D eigenvalue weighted by Crippen LogP contribution is -2.75. The molecule has 1 spiro atoms. The highest BCUT2D eigenvalue weighted by Crippen LogP contribution is 2.64. The van der Waals surface area contributed by atoms with Crippen LogP contribution in [0.5, 0.6) is 0 Å². The molecule has 1 aromatic carbocycles. The van der Waals surface area contributed by atoms with Gasteiger partial charge in [-0.25, -0.2) is 4.79 Å². The Morgan fingerprint density at radius 3 is 2.41 bits per heavy atom. The fourth-order valence-electron chi connectivity index (χ4n) is 7.74. The number of nitrogens with one attached hydrogen (secondary N) is 1. The summed E-state index contributed by atoms with van der Waals surface area (Å²) in [5.74, 6) is -1.10. The minimum absolute atomic E-state index is 0.00482. The molecule has 0 unspecified atom stereocenters. The molecule has 1 saturated carbocycles. The van der Waals surface area contributed by atoms with Crippen LogP contribution in [0.1, 0.15) is 66.4 Å². The second kappa shape index (κ2) is 6.58. The Labute approximate surface area is 199 Å². The normalized spacial score (nSPS) is 34.1. The fourth-order valence-corrected chi connectivity index (χ4v) is 7.74. The van der Waals surface area contributed by atoms with Gasteiger partial charge in [-0.1, -0.05) is 20.8 Å². The van der Waals surface area contributed by atoms with E-state index in [1.165, 1.54) is 17.0 Å². The monoisotopic (exact) mass is 468 g/mol. The van der Waals surface area contributed by atoms with Gasteiger partial charge < -0.3 is 4.90 Å². The van der Waals surface area contributed by atoms with Gasteiger partial charge in [0.25, 0.3) is 5.69 Å². The number of benzene rings is 1. The number of barbiturate groups is 1. The van der Waals surface area contributed by atoms with Crippen molar-refractivity contribution in [3.63, 3.8) is 0 Å². The third-order valence-electron chi connectivity index (χ3n) is 8.28. The van der Waals surface area contributed by atoms with Crippen LogP contribution in [0.25, 0.3) is 0 Å². The quantitative estimate of drug-likeness (QED) is 0.381. The Balaban J connectivity index is 1.78. The molecule has 1 aromatic rings. The summed E-state index contributed by atoms with van der Waals surface area (Å²) in [5.41, 5.74) is -1.34. The first kappa shape index (κ1) is 22.8. The van der Waals surface area contributed by atoms with Crippen LogP contribution in [-0.2, 0) is 16.0 Å².